The molecular formula is C22H19BrCl3NO2. The summed E-state index contributed by atoms with van der Waals surface area (Å²) < 4.78 is 12.6. The monoisotopic (exact) mass is 513 g/mol. The van der Waals surface area contributed by atoms with Gasteiger partial charge in [0.15, 0.2) is 11.5 Å². The zero-order chi connectivity index (χ0) is 20.8. The Kier molecular flexibility index (Phi) is 8.10. The van der Waals surface area contributed by atoms with E-state index >= 15 is 0 Å². The normalized spacial score (nSPS) is 10.8. The molecule has 0 fully saturated rings. The van der Waals surface area contributed by atoms with Gasteiger partial charge in [0.2, 0.25) is 0 Å². The Balaban J connectivity index is 1.78. The SMILES string of the molecule is COc1ccc(Br)c(CNCc2ccccc2Cl)c1OCc1ccc(Cl)cc1Cl. The maximum atomic E-state index is 6.28. The summed E-state index contributed by atoms with van der Waals surface area (Å²) in [4.78, 5) is 0. The van der Waals surface area contributed by atoms with E-state index in [0.717, 1.165) is 26.2 Å². The van der Waals surface area contributed by atoms with Gasteiger partial charge in [0, 0.05) is 43.8 Å². The highest BCUT2D eigenvalue weighted by Gasteiger charge is 2.15. The molecule has 3 nitrogen and oxygen atoms in total. The predicted molar refractivity (Wildman–Crippen MR) is 123 cm³/mol. The molecule has 0 atom stereocenters. The first-order chi connectivity index (χ1) is 14.0. The zero-order valence-corrected chi connectivity index (χ0v) is 19.5. The molecule has 7 heteroatoms. The molecule has 29 heavy (non-hydrogen) atoms. The number of hydrogen-bond acceptors (Lipinski definition) is 3. The molecule has 0 unspecified atom stereocenters. The van der Waals surface area contributed by atoms with Crippen LogP contribution in [0.25, 0.3) is 0 Å². The van der Waals surface area contributed by atoms with Crippen molar-refractivity contribution in [3.63, 3.8) is 0 Å². The number of methoxy groups -OCH3 is 1. The van der Waals surface area contributed by atoms with Gasteiger partial charge >= 0.3 is 0 Å². The first-order valence-corrected chi connectivity index (χ1v) is 10.8. The molecule has 3 rings (SSSR count). The molecule has 0 amide bonds. The first-order valence-electron chi connectivity index (χ1n) is 8.85. The Labute approximate surface area is 194 Å². The van der Waals surface area contributed by atoms with Gasteiger partial charge in [-0.1, -0.05) is 75.0 Å². The van der Waals surface area contributed by atoms with E-state index in [4.69, 9.17) is 44.3 Å². The van der Waals surface area contributed by atoms with Crippen LogP contribution in [0.1, 0.15) is 16.7 Å². The fraction of sp³-hybridized carbons (Fsp3) is 0.182. The van der Waals surface area contributed by atoms with Gasteiger partial charge in [-0.25, -0.2) is 0 Å². The second kappa shape index (κ2) is 10.6. The van der Waals surface area contributed by atoms with Gasteiger partial charge in [0.1, 0.15) is 6.61 Å². The molecule has 152 valence electrons. The van der Waals surface area contributed by atoms with Gasteiger partial charge in [0.25, 0.3) is 0 Å². The second-order valence-electron chi connectivity index (χ2n) is 6.28. The maximum Gasteiger partial charge on any atom is 0.167 e. The highest BCUT2D eigenvalue weighted by molar-refractivity contribution is 9.10. The van der Waals surface area contributed by atoms with Crippen LogP contribution in [0.15, 0.2) is 59.1 Å². The van der Waals surface area contributed by atoms with Gasteiger partial charge < -0.3 is 14.8 Å². The molecule has 3 aromatic rings. The summed E-state index contributed by atoms with van der Waals surface area (Å²) in [6.45, 7) is 1.48. The van der Waals surface area contributed by atoms with Crippen LogP contribution < -0.4 is 14.8 Å². The van der Waals surface area contributed by atoms with Crippen molar-refractivity contribution in [2.75, 3.05) is 7.11 Å². The third-order valence-corrected chi connectivity index (χ3v) is 6.05. The highest BCUT2D eigenvalue weighted by atomic mass is 79.9. The van der Waals surface area contributed by atoms with Gasteiger partial charge in [-0.2, -0.15) is 0 Å². The van der Waals surface area contributed by atoms with Crippen molar-refractivity contribution in [1.29, 1.82) is 0 Å². The number of rotatable bonds is 8. The topological polar surface area (TPSA) is 30.5 Å². The Hall–Kier alpha value is -1.43. The lowest BCUT2D eigenvalue weighted by atomic mass is 10.1. The molecule has 0 aromatic heterocycles. The maximum absolute atomic E-state index is 6.28. The third kappa shape index (κ3) is 5.80. The van der Waals surface area contributed by atoms with E-state index in [1.165, 1.54) is 0 Å². The number of nitrogens with one attached hydrogen (secondary N) is 1. The summed E-state index contributed by atoms with van der Waals surface area (Å²) in [5.41, 5.74) is 2.82. The van der Waals surface area contributed by atoms with Crippen molar-refractivity contribution < 1.29 is 9.47 Å². The van der Waals surface area contributed by atoms with E-state index in [0.29, 0.717) is 41.2 Å². The predicted octanol–water partition coefficient (Wildman–Crippen LogP) is 7.29. The van der Waals surface area contributed by atoms with E-state index in [1.807, 2.05) is 42.5 Å². The molecule has 0 bridgehead atoms. The largest absolute Gasteiger partial charge is 0.493 e. The van der Waals surface area contributed by atoms with Gasteiger partial charge in [-0.15, -0.1) is 0 Å². The third-order valence-electron chi connectivity index (χ3n) is 4.35. The van der Waals surface area contributed by atoms with Gasteiger partial charge in [-0.05, 0) is 35.9 Å². The molecule has 0 aliphatic heterocycles. The van der Waals surface area contributed by atoms with E-state index in [2.05, 4.69) is 21.2 Å². The van der Waals surface area contributed by atoms with Crippen LogP contribution in [0.2, 0.25) is 15.1 Å². The Morgan fingerprint density at radius 3 is 2.41 bits per heavy atom. The van der Waals surface area contributed by atoms with Crippen LogP contribution >= 0.6 is 50.7 Å². The van der Waals surface area contributed by atoms with E-state index in [9.17, 15) is 0 Å². The highest BCUT2D eigenvalue weighted by Crippen LogP contribution is 2.37. The van der Waals surface area contributed by atoms with Crippen molar-refractivity contribution in [2.45, 2.75) is 19.7 Å². The molecule has 0 radical (unpaired) electrons. The van der Waals surface area contributed by atoms with E-state index in [-0.39, 0.29) is 0 Å². The van der Waals surface area contributed by atoms with Gasteiger partial charge in [0.05, 0.1) is 7.11 Å². The zero-order valence-electron chi connectivity index (χ0n) is 15.6. The Morgan fingerprint density at radius 1 is 0.897 bits per heavy atom. The summed E-state index contributed by atoms with van der Waals surface area (Å²) in [6.07, 6.45) is 0. The summed E-state index contributed by atoms with van der Waals surface area (Å²) in [7, 11) is 1.62. The van der Waals surface area contributed by atoms with Crippen LogP contribution in [0.3, 0.4) is 0 Å². The van der Waals surface area contributed by atoms with Crippen LogP contribution in [0.4, 0.5) is 0 Å². The molecule has 0 heterocycles. The lowest BCUT2D eigenvalue weighted by molar-refractivity contribution is 0.280. The molecular weight excluding hydrogens is 497 g/mol. The fourth-order valence-corrected chi connectivity index (χ4v) is 3.94. The minimum atomic E-state index is 0.292. The Morgan fingerprint density at radius 2 is 1.69 bits per heavy atom. The quantitative estimate of drug-likeness (QED) is 0.342. The number of hydrogen-bond donors (Lipinski definition) is 1. The molecule has 0 saturated heterocycles. The molecule has 0 aliphatic rings. The number of benzene rings is 3. The minimum Gasteiger partial charge on any atom is -0.493 e. The lowest BCUT2D eigenvalue weighted by Crippen LogP contribution is -2.15. The molecule has 0 aliphatic carbocycles. The first kappa shape index (κ1) is 22.3. The number of halogens is 4. The van der Waals surface area contributed by atoms with Crippen molar-refractivity contribution in [2.24, 2.45) is 0 Å². The minimum absolute atomic E-state index is 0.292. The van der Waals surface area contributed by atoms with Crippen molar-refractivity contribution in [1.82, 2.24) is 5.32 Å². The van der Waals surface area contributed by atoms with Crippen molar-refractivity contribution in [3.8, 4) is 11.5 Å². The fourth-order valence-electron chi connectivity index (χ4n) is 2.82. The van der Waals surface area contributed by atoms with Crippen molar-refractivity contribution >= 4 is 50.7 Å². The molecule has 1 N–H and O–H groups in total. The van der Waals surface area contributed by atoms with Gasteiger partial charge in [-0.3, -0.25) is 0 Å². The average molecular weight is 516 g/mol. The van der Waals surface area contributed by atoms with Crippen LogP contribution in [-0.4, -0.2) is 7.11 Å². The summed E-state index contributed by atoms with van der Waals surface area (Å²) >= 11 is 22.1. The summed E-state index contributed by atoms with van der Waals surface area (Å²) in [6, 6.07) is 16.9. The standard InChI is InChI=1S/C22H19BrCl3NO2/c1-28-21-9-8-18(23)17(12-27-11-14-4-2-3-5-19(14)25)22(21)29-13-15-6-7-16(24)10-20(15)26/h2-10,27H,11-13H2,1H3. The second-order valence-corrected chi connectivity index (χ2v) is 8.38. The molecule has 3 aromatic carbocycles. The lowest BCUT2D eigenvalue weighted by Gasteiger charge is -2.18. The van der Waals surface area contributed by atoms with E-state index in [1.54, 1.807) is 19.2 Å². The van der Waals surface area contributed by atoms with Crippen LogP contribution in [0.5, 0.6) is 11.5 Å². The van der Waals surface area contributed by atoms with Crippen molar-refractivity contribution in [3.05, 3.63) is 90.8 Å². The summed E-state index contributed by atoms with van der Waals surface area (Å²) in [5.74, 6) is 1.30. The van der Waals surface area contributed by atoms with Crippen LogP contribution in [-0.2, 0) is 19.7 Å². The van der Waals surface area contributed by atoms with E-state index < -0.39 is 0 Å². The Bertz CT molecular complexity index is 998. The smallest absolute Gasteiger partial charge is 0.167 e. The molecule has 0 spiro atoms. The number of ether oxygens (including phenoxy) is 2. The average Bonchev–Trinajstić information content (AvgIpc) is 2.70. The van der Waals surface area contributed by atoms with Crippen LogP contribution in [0, 0.1) is 0 Å². The summed E-state index contributed by atoms with van der Waals surface area (Å²) in [5, 5.41) is 5.30. The molecule has 0 saturated carbocycles.